The number of nitrogens with one attached hydrogen (secondary N) is 1. The van der Waals surface area contributed by atoms with Crippen molar-refractivity contribution in [3.8, 4) is 0 Å². The molecule has 1 heterocycles. The summed E-state index contributed by atoms with van der Waals surface area (Å²) in [4.78, 5) is 12.0. The zero-order valence-electron chi connectivity index (χ0n) is 9.99. The van der Waals surface area contributed by atoms with Gasteiger partial charge in [-0.05, 0) is 30.2 Å². The topological polar surface area (TPSA) is 29.1 Å². The molecule has 19 heavy (non-hydrogen) atoms. The Morgan fingerprint density at radius 1 is 1.16 bits per heavy atom. The minimum Gasteiger partial charge on any atom is -0.325 e. The standard InChI is InChI=1S/C15H11ClFNO/c16-12-5-3-6-13(17)11(12)8-10-9-4-1-2-7-14(9)18-15(10)19/h1-7,10H,8H2,(H,18,19)/t10-/m1/s1. The molecule has 0 saturated heterocycles. The van der Waals surface area contributed by atoms with Gasteiger partial charge in [-0.25, -0.2) is 4.39 Å². The molecule has 1 aliphatic heterocycles. The van der Waals surface area contributed by atoms with Crippen LogP contribution in [0.25, 0.3) is 0 Å². The molecule has 0 radical (unpaired) electrons. The summed E-state index contributed by atoms with van der Waals surface area (Å²) in [7, 11) is 0. The third-order valence-electron chi connectivity index (χ3n) is 3.38. The molecule has 1 amide bonds. The van der Waals surface area contributed by atoms with Crippen molar-refractivity contribution < 1.29 is 9.18 Å². The maximum absolute atomic E-state index is 13.8. The lowest BCUT2D eigenvalue weighted by molar-refractivity contribution is -0.117. The second-order valence-electron chi connectivity index (χ2n) is 4.53. The van der Waals surface area contributed by atoms with Gasteiger partial charge in [0.25, 0.3) is 0 Å². The predicted molar refractivity (Wildman–Crippen MR) is 72.9 cm³/mol. The number of hydrogen-bond acceptors (Lipinski definition) is 1. The Labute approximate surface area is 115 Å². The third-order valence-corrected chi connectivity index (χ3v) is 3.73. The van der Waals surface area contributed by atoms with Crippen LogP contribution in [0.15, 0.2) is 42.5 Å². The van der Waals surface area contributed by atoms with E-state index in [1.165, 1.54) is 6.07 Å². The fourth-order valence-corrected chi connectivity index (χ4v) is 2.65. The van der Waals surface area contributed by atoms with Crippen molar-refractivity contribution in [1.82, 2.24) is 0 Å². The van der Waals surface area contributed by atoms with Crippen molar-refractivity contribution in [2.45, 2.75) is 12.3 Å². The van der Waals surface area contributed by atoms with Crippen molar-refractivity contribution in [3.63, 3.8) is 0 Å². The van der Waals surface area contributed by atoms with Crippen molar-refractivity contribution in [2.75, 3.05) is 5.32 Å². The Balaban J connectivity index is 1.98. The van der Waals surface area contributed by atoms with Gasteiger partial charge < -0.3 is 5.32 Å². The van der Waals surface area contributed by atoms with Gasteiger partial charge in [0.2, 0.25) is 5.91 Å². The average Bonchev–Trinajstić information content (AvgIpc) is 2.70. The van der Waals surface area contributed by atoms with Gasteiger partial charge in [-0.15, -0.1) is 0 Å². The molecule has 0 bridgehead atoms. The molecule has 1 N–H and O–H groups in total. The van der Waals surface area contributed by atoms with Crippen LogP contribution in [0.3, 0.4) is 0 Å². The van der Waals surface area contributed by atoms with Crippen LogP contribution in [-0.2, 0) is 11.2 Å². The molecule has 1 aliphatic rings. The quantitative estimate of drug-likeness (QED) is 0.888. The molecule has 0 aliphatic carbocycles. The highest BCUT2D eigenvalue weighted by Crippen LogP contribution is 2.36. The molecule has 0 unspecified atom stereocenters. The SMILES string of the molecule is O=C1Nc2ccccc2[C@H]1Cc1c(F)cccc1Cl. The molecule has 0 saturated carbocycles. The molecule has 0 spiro atoms. The zero-order valence-corrected chi connectivity index (χ0v) is 10.7. The smallest absolute Gasteiger partial charge is 0.232 e. The highest BCUT2D eigenvalue weighted by atomic mass is 35.5. The number of benzene rings is 2. The van der Waals surface area contributed by atoms with Crippen LogP contribution >= 0.6 is 11.6 Å². The summed E-state index contributed by atoms with van der Waals surface area (Å²) in [6.45, 7) is 0. The van der Waals surface area contributed by atoms with E-state index in [9.17, 15) is 9.18 Å². The van der Waals surface area contributed by atoms with E-state index in [1.807, 2.05) is 24.3 Å². The van der Waals surface area contributed by atoms with Crippen LogP contribution in [0, 0.1) is 5.82 Å². The number of hydrogen-bond donors (Lipinski definition) is 1. The fourth-order valence-electron chi connectivity index (χ4n) is 2.41. The van der Waals surface area contributed by atoms with E-state index in [4.69, 9.17) is 11.6 Å². The van der Waals surface area contributed by atoms with Crippen molar-refractivity contribution in [3.05, 3.63) is 64.4 Å². The second-order valence-corrected chi connectivity index (χ2v) is 4.94. The van der Waals surface area contributed by atoms with Crippen LogP contribution in [0.5, 0.6) is 0 Å². The number of fused-ring (bicyclic) bond motifs is 1. The summed E-state index contributed by atoms with van der Waals surface area (Å²) in [5.74, 6) is -0.865. The monoisotopic (exact) mass is 275 g/mol. The number of para-hydroxylation sites is 1. The molecular weight excluding hydrogens is 265 g/mol. The van der Waals surface area contributed by atoms with Gasteiger partial charge >= 0.3 is 0 Å². The molecule has 2 nitrogen and oxygen atoms in total. The first kappa shape index (κ1) is 12.2. The van der Waals surface area contributed by atoms with Gasteiger partial charge in [0.05, 0.1) is 5.92 Å². The maximum Gasteiger partial charge on any atom is 0.232 e. The van der Waals surface area contributed by atoms with Gasteiger partial charge in [-0.1, -0.05) is 35.9 Å². The Bertz CT molecular complexity index is 636. The molecule has 0 fully saturated rings. The van der Waals surface area contributed by atoms with E-state index in [-0.39, 0.29) is 24.1 Å². The number of carbonyl (C=O) groups is 1. The number of halogens is 2. The van der Waals surface area contributed by atoms with E-state index in [0.29, 0.717) is 10.6 Å². The Morgan fingerprint density at radius 3 is 2.74 bits per heavy atom. The van der Waals surface area contributed by atoms with Crippen LogP contribution in [0.1, 0.15) is 17.0 Å². The Hall–Kier alpha value is -1.87. The maximum atomic E-state index is 13.8. The first-order valence-electron chi connectivity index (χ1n) is 5.99. The largest absolute Gasteiger partial charge is 0.325 e. The summed E-state index contributed by atoms with van der Waals surface area (Å²) in [5.41, 5.74) is 2.08. The van der Waals surface area contributed by atoms with Crippen LogP contribution in [0.2, 0.25) is 5.02 Å². The lowest BCUT2D eigenvalue weighted by Crippen LogP contribution is -2.15. The summed E-state index contributed by atoms with van der Waals surface area (Å²) in [6.07, 6.45) is 0.272. The summed E-state index contributed by atoms with van der Waals surface area (Å²) in [5, 5.41) is 3.16. The number of carbonyl (C=O) groups excluding carboxylic acids is 1. The average molecular weight is 276 g/mol. The van der Waals surface area contributed by atoms with Gasteiger partial charge in [0.15, 0.2) is 0 Å². The van der Waals surface area contributed by atoms with E-state index in [2.05, 4.69) is 5.32 Å². The fraction of sp³-hybridized carbons (Fsp3) is 0.133. The van der Waals surface area contributed by atoms with E-state index in [0.717, 1.165) is 11.3 Å². The van der Waals surface area contributed by atoms with Crippen molar-refractivity contribution >= 4 is 23.2 Å². The molecule has 1 atom stereocenters. The molecular formula is C15H11ClFNO. The van der Waals surface area contributed by atoms with Crippen molar-refractivity contribution in [2.24, 2.45) is 0 Å². The number of anilines is 1. The van der Waals surface area contributed by atoms with Gasteiger partial charge in [-0.2, -0.15) is 0 Å². The van der Waals surface area contributed by atoms with E-state index in [1.54, 1.807) is 12.1 Å². The Kier molecular flexibility index (Phi) is 2.99. The van der Waals surface area contributed by atoms with Gasteiger partial charge in [0, 0.05) is 16.3 Å². The Morgan fingerprint density at radius 2 is 1.95 bits per heavy atom. The summed E-state index contributed by atoms with van der Waals surface area (Å²) in [6, 6.07) is 12.0. The van der Waals surface area contributed by atoms with Gasteiger partial charge in [0.1, 0.15) is 5.82 Å². The predicted octanol–water partition coefficient (Wildman–Crippen LogP) is 3.76. The first-order chi connectivity index (χ1) is 9.16. The van der Waals surface area contributed by atoms with E-state index >= 15 is 0 Å². The molecule has 0 aromatic heterocycles. The van der Waals surface area contributed by atoms with Crippen LogP contribution < -0.4 is 5.32 Å². The van der Waals surface area contributed by atoms with Crippen LogP contribution in [-0.4, -0.2) is 5.91 Å². The molecule has 2 aromatic carbocycles. The van der Waals surface area contributed by atoms with E-state index < -0.39 is 0 Å². The third kappa shape index (κ3) is 2.10. The molecule has 2 aromatic rings. The molecule has 96 valence electrons. The lowest BCUT2D eigenvalue weighted by atomic mass is 9.93. The normalized spacial score (nSPS) is 17.2. The lowest BCUT2D eigenvalue weighted by Gasteiger charge is -2.11. The van der Waals surface area contributed by atoms with Crippen LogP contribution in [0.4, 0.5) is 10.1 Å². The second kappa shape index (κ2) is 4.67. The highest BCUT2D eigenvalue weighted by Gasteiger charge is 2.31. The minimum absolute atomic E-state index is 0.111. The minimum atomic E-state index is -0.384. The summed E-state index contributed by atoms with van der Waals surface area (Å²) >= 11 is 6.01. The summed E-state index contributed by atoms with van der Waals surface area (Å²) < 4.78 is 13.8. The first-order valence-corrected chi connectivity index (χ1v) is 6.37. The zero-order chi connectivity index (χ0) is 13.4. The molecule has 3 rings (SSSR count). The highest BCUT2D eigenvalue weighted by molar-refractivity contribution is 6.31. The number of amides is 1. The van der Waals surface area contributed by atoms with Gasteiger partial charge in [-0.3, -0.25) is 4.79 Å². The molecule has 4 heteroatoms. The van der Waals surface area contributed by atoms with Crippen molar-refractivity contribution in [1.29, 1.82) is 0 Å². The number of rotatable bonds is 2.